The lowest BCUT2D eigenvalue weighted by Crippen LogP contribution is -2.13. The Bertz CT molecular complexity index is 371. The average molecular weight is 218 g/mol. The van der Waals surface area contributed by atoms with E-state index in [-0.39, 0.29) is 12.7 Å². The average Bonchev–Trinajstić information content (AvgIpc) is 3.07. The molecular formula is C14H18O2. The van der Waals surface area contributed by atoms with Crippen LogP contribution in [0.4, 0.5) is 0 Å². The first kappa shape index (κ1) is 10.3. The maximum Gasteiger partial charge on any atom is 0.0878 e. The van der Waals surface area contributed by atoms with Crippen LogP contribution < -0.4 is 0 Å². The van der Waals surface area contributed by atoms with Gasteiger partial charge >= 0.3 is 0 Å². The normalized spacial score (nSPS) is 29.6. The van der Waals surface area contributed by atoms with Gasteiger partial charge < -0.3 is 9.84 Å². The summed E-state index contributed by atoms with van der Waals surface area (Å²) in [5.74, 6) is 1.04. The van der Waals surface area contributed by atoms with Crippen LogP contribution in [-0.4, -0.2) is 18.3 Å². The summed E-state index contributed by atoms with van der Waals surface area (Å²) in [6.07, 6.45) is 3.74. The molecule has 2 unspecified atom stereocenters. The summed E-state index contributed by atoms with van der Waals surface area (Å²) < 4.78 is 5.80. The van der Waals surface area contributed by atoms with E-state index in [1.807, 2.05) is 0 Å². The smallest absolute Gasteiger partial charge is 0.0878 e. The van der Waals surface area contributed by atoms with Crippen LogP contribution in [0, 0.1) is 5.92 Å². The molecule has 1 aromatic carbocycles. The molecule has 0 amide bonds. The number of rotatable bonds is 3. The number of aliphatic hydroxyl groups is 1. The Balaban J connectivity index is 1.92. The molecule has 1 heterocycles. The molecule has 2 atom stereocenters. The number of aliphatic hydroxyl groups excluding tert-OH is 1. The van der Waals surface area contributed by atoms with Gasteiger partial charge in [-0.3, -0.25) is 0 Å². The van der Waals surface area contributed by atoms with Crippen LogP contribution in [0.5, 0.6) is 0 Å². The first-order valence-electron chi connectivity index (χ1n) is 6.21. The fraction of sp³-hybridized carbons (Fsp3) is 0.571. The molecular weight excluding hydrogens is 200 g/mol. The van der Waals surface area contributed by atoms with E-state index >= 15 is 0 Å². The van der Waals surface area contributed by atoms with E-state index in [0.717, 1.165) is 18.9 Å². The van der Waals surface area contributed by atoms with Gasteiger partial charge in [-0.25, -0.2) is 0 Å². The topological polar surface area (TPSA) is 29.5 Å². The minimum Gasteiger partial charge on any atom is -0.396 e. The van der Waals surface area contributed by atoms with Crippen molar-refractivity contribution in [1.29, 1.82) is 0 Å². The standard InChI is InChI=1S/C14H18O2/c15-9-11-7-8-16-14(11)13-4-2-1-3-12(13)10-5-6-10/h1-4,10-11,14-15H,5-9H2. The zero-order valence-corrected chi connectivity index (χ0v) is 9.43. The van der Waals surface area contributed by atoms with Gasteiger partial charge in [0.2, 0.25) is 0 Å². The van der Waals surface area contributed by atoms with Gasteiger partial charge in [0, 0.05) is 19.1 Å². The monoisotopic (exact) mass is 218 g/mol. The van der Waals surface area contributed by atoms with E-state index in [0.29, 0.717) is 5.92 Å². The minimum absolute atomic E-state index is 0.127. The van der Waals surface area contributed by atoms with Gasteiger partial charge in [0.25, 0.3) is 0 Å². The van der Waals surface area contributed by atoms with E-state index in [4.69, 9.17) is 4.74 Å². The largest absolute Gasteiger partial charge is 0.396 e. The molecule has 0 bridgehead atoms. The second-order valence-corrected chi connectivity index (χ2v) is 4.93. The highest BCUT2D eigenvalue weighted by molar-refractivity contribution is 5.35. The van der Waals surface area contributed by atoms with E-state index in [9.17, 15) is 5.11 Å². The van der Waals surface area contributed by atoms with Gasteiger partial charge in [-0.2, -0.15) is 0 Å². The molecule has 2 heteroatoms. The van der Waals surface area contributed by atoms with E-state index in [2.05, 4.69) is 24.3 Å². The summed E-state index contributed by atoms with van der Waals surface area (Å²) in [7, 11) is 0. The van der Waals surface area contributed by atoms with Crippen LogP contribution in [-0.2, 0) is 4.74 Å². The summed E-state index contributed by atoms with van der Waals surface area (Å²) in [6.45, 7) is 1.03. The predicted octanol–water partition coefficient (Wildman–Crippen LogP) is 2.63. The van der Waals surface area contributed by atoms with Crippen molar-refractivity contribution < 1.29 is 9.84 Å². The SMILES string of the molecule is OCC1CCOC1c1ccccc1C1CC1. The van der Waals surface area contributed by atoms with Crippen molar-refractivity contribution in [1.82, 2.24) is 0 Å². The summed E-state index contributed by atoms with van der Waals surface area (Å²) >= 11 is 0. The summed E-state index contributed by atoms with van der Waals surface area (Å²) in [6, 6.07) is 8.59. The van der Waals surface area contributed by atoms with E-state index < -0.39 is 0 Å². The maximum atomic E-state index is 9.36. The molecule has 1 aromatic rings. The van der Waals surface area contributed by atoms with Crippen LogP contribution in [0.15, 0.2) is 24.3 Å². The van der Waals surface area contributed by atoms with Crippen LogP contribution in [0.2, 0.25) is 0 Å². The fourth-order valence-electron chi connectivity index (χ4n) is 2.70. The molecule has 1 saturated heterocycles. The molecule has 2 fully saturated rings. The van der Waals surface area contributed by atoms with Crippen LogP contribution in [0.25, 0.3) is 0 Å². The van der Waals surface area contributed by atoms with Crippen molar-refractivity contribution in [2.24, 2.45) is 5.92 Å². The van der Waals surface area contributed by atoms with Gasteiger partial charge in [0.15, 0.2) is 0 Å². The first-order valence-corrected chi connectivity index (χ1v) is 6.21. The Morgan fingerprint density at radius 3 is 2.56 bits per heavy atom. The van der Waals surface area contributed by atoms with Gasteiger partial charge in [-0.05, 0) is 36.3 Å². The highest BCUT2D eigenvalue weighted by atomic mass is 16.5. The van der Waals surface area contributed by atoms with Crippen LogP contribution in [0.1, 0.15) is 42.4 Å². The third-order valence-electron chi connectivity index (χ3n) is 3.77. The fourth-order valence-corrected chi connectivity index (χ4v) is 2.70. The van der Waals surface area contributed by atoms with Crippen molar-refractivity contribution in [2.45, 2.75) is 31.3 Å². The van der Waals surface area contributed by atoms with Crippen LogP contribution >= 0.6 is 0 Å². The Labute approximate surface area is 96.2 Å². The highest BCUT2D eigenvalue weighted by Gasteiger charge is 2.34. The molecule has 16 heavy (non-hydrogen) atoms. The Morgan fingerprint density at radius 2 is 1.88 bits per heavy atom. The molecule has 0 aromatic heterocycles. The highest BCUT2D eigenvalue weighted by Crippen LogP contribution is 2.46. The van der Waals surface area contributed by atoms with Gasteiger partial charge in [0.1, 0.15) is 0 Å². The molecule has 0 radical (unpaired) electrons. The lowest BCUT2D eigenvalue weighted by atomic mass is 9.91. The molecule has 1 aliphatic heterocycles. The lowest BCUT2D eigenvalue weighted by molar-refractivity contribution is 0.0714. The van der Waals surface area contributed by atoms with E-state index in [1.165, 1.54) is 24.0 Å². The lowest BCUT2D eigenvalue weighted by Gasteiger charge is -2.20. The minimum atomic E-state index is 0.127. The Kier molecular flexibility index (Phi) is 2.70. The summed E-state index contributed by atoms with van der Waals surface area (Å²) in [4.78, 5) is 0. The first-order chi connectivity index (χ1) is 7.90. The number of hydrogen-bond acceptors (Lipinski definition) is 2. The zero-order valence-electron chi connectivity index (χ0n) is 9.43. The summed E-state index contributed by atoms with van der Waals surface area (Å²) in [5, 5.41) is 9.36. The third kappa shape index (κ3) is 1.76. The molecule has 1 N–H and O–H groups in total. The molecule has 2 nitrogen and oxygen atoms in total. The Hall–Kier alpha value is -0.860. The molecule has 3 rings (SSSR count). The second-order valence-electron chi connectivity index (χ2n) is 4.93. The zero-order chi connectivity index (χ0) is 11.0. The van der Waals surface area contributed by atoms with Crippen molar-refractivity contribution in [3.63, 3.8) is 0 Å². The Morgan fingerprint density at radius 1 is 1.12 bits per heavy atom. The second kappa shape index (κ2) is 4.19. The molecule has 1 aliphatic carbocycles. The van der Waals surface area contributed by atoms with E-state index in [1.54, 1.807) is 0 Å². The molecule has 2 aliphatic rings. The van der Waals surface area contributed by atoms with Gasteiger partial charge in [0.05, 0.1) is 6.10 Å². The van der Waals surface area contributed by atoms with Crippen LogP contribution in [0.3, 0.4) is 0 Å². The molecule has 86 valence electrons. The number of hydrogen-bond donors (Lipinski definition) is 1. The van der Waals surface area contributed by atoms with Gasteiger partial charge in [-0.1, -0.05) is 24.3 Å². The van der Waals surface area contributed by atoms with Crippen molar-refractivity contribution in [2.75, 3.05) is 13.2 Å². The van der Waals surface area contributed by atoms with Crippen molar-refractivity contribution in [3.05, 3.63) is 35.4 Å². The number of ether oxygens (including phenoxy) is 1. The number of benzene rings is 1. The molecule has 0 spiro atoms. The van der Waals surface area contributed by atoms with Crippen molar-refractivity contribution >= 4 is 0 Å². The third-order valence-corrected chi connectivity index (χ3v) is 3.77. The van der Waals surface area contributed by atoms with Gasteiger partial charge in [-0.15, -0.1) is 0 Å². The maximum absolute atomic E-state index is 9.36. The quantitative estimate of drug-likeness (QED) is 0.845. The predicted molar refractivity (Wildman–Crippen MR) is 62.3 cm³/mol. The molecule has 1 saturated carbocycles. The van der Waals surface area contributed by atoms with Crippen molar-refractivity contribution in [3.8, 4) is 0 Å². The summed E-state index contributed by atoms with van der Waals surface area (Å²) in [5.41, 5.74) is 2.77.